The fourth-order valence-electron chi connectivity index (χ4n) is 3.33. The van der Waals surface area contributed by atoms with E-state index < -0.39 is 0 Å². The molecular weight excluding hydrogens is 318 g/mol. The maximum atomic E-state index is 9.06. The van der Waals surface area contributed by atoms with E-state index in [1.54, 1.807) is 11.3 Å². The van der Waals surface area contributed by atoms with Gasteiger partial charge in [0.25, 0.3) is 0 Å². The van der Waals surface area contributed by atoms with E-state index in [0.29, 0.717) is 12.5 Å². The minimum atomic E-state index is 0.305. The molecule has 5 heteroatoms. The molecule has 1 aliphatic rings. The number of aliphatic hydroxyl groups is 1. The number of hydrogen-bond acceptors (Lipinski definition) is 5. The first-order chi connectivity index (χ1) is 11.8. The van der Waals surface area contributed by atoms with Crippen LogP contribution in [0, 0.1) is 5.92 Å². The van der Waals surface area contributed by atoms with Gasteiger partial charge in [-0.15, -0.1) is 11.3 Å². The van der Waals surface area contributed by atoms with Crippen LogP contribution in [0.1, 0.15) is 19.3 Å². The molecule has 0 unspecified atom stereocenters. The van der Waals surface area contributed by atoms with E-state index in [0.717, 1.165) is 54.3 Å². The van der Waals surface area contributed by atoms with Gasteiger partial charge in [0.1, 0.15) is 10.8 Å². The van der Waals surface area contributed by atoms with Gasteiger partial charge >= 0.3 is 0 Å². The molecule has 0 atom stereocenters. The summed E-state index contributed by atoms with van der Waals surface area (Å²) in [5.74, 6) is 1.70. The Hall–Kier alpha value is -1.98. The lowest BCUT2D eigenvalue weighted by Gasteiger charge is -2.32. The van der Waals surface area contributed by atoms with Crippen molar-refractivity contribution in [3.63, 3.8) is 0 Å². The third-order valence-corrected chi connectivity index (χ3v) is 5.85. The number of para-hydroxylation sites is 1. The van der Waals surface area contributed by atoms with Gasteiger partial charge in [0.2, 0.25) is 0 Å². The zero-order chi connectivity index (χ0) is 16.4. The van der Waals surface area contributed by atoms with Crippen molar-refractivity contribution in [1.82, 2.24) is 9.97 Å². The SMILES string of the molecule is OCCC1CCN(c2ccc(-c3nc4ccccc4s3)cn2)CC1. The van der Waals surface area contributed by atoms with Crippen molar-refractivity contribution in [2.45, 2.75) is 19.3 Å². The Morgan fingerprint density at radius 1 is 1.12 bits per heavy atom. The number of thiazole rings is 1. The molecule has 0 spiro atoms. The van der Waals surface area contributed by atoms with Crippen molar-refractivity contribution in [3.05, 3.63) is 42.6 Å². The van der Waals surface area contributed by atoms with Crippen molar-refractivity contribution in [2.75, 3.05) is 24.6 Å². The van der Waals surface area contributed by atoms with Gasteiger partial charge in [0.15, 0.2) is 0 Å². The van der Waals surface area contributed by atoms with Crippen LogP contribution in [0.25, 0.3) is 20.8 Å². The molecule has 0 bridgehead atoms. The van der Waals surface area contributed by atoms with E-state index in [9.17, 15) is 0 Å². The third-order valence-electron chi connectivity index (χ3n) is 4.76. The lowest BCUT2D eigenvalue weighted by Crippen LogP contribution is -2.34. The number of benzene rings is 1. The normalized spacial score (nSPS) is 16.0. The number of aromatic nitrogens is 2. The van der Waals surface area contributed by atoms with Crippen molar-refractivity contribution >= 4 is 27.4 Å². The predicted molar refractivity (Wildman–Crippen MR) is 99.5 cm³/mol. The van der Waals surface area contributed by atoms with Gasteiger partial charge in [0.05, 0.1) is 10.2 Å². The zero-order valence-electron chi connectivity index (χ0n) is 13.6. The summed E-state index contributed by atoms with van der Waals surface area (Å²) in [7, 11) is 0. The number of hydrogen-bond donors (Lipinski definition) is 1. The quantitative estimate of drug-likeness (QED) is 0.782. The van der Waals surface area contributed by atoms with Crippen LogP contribution in [-0.2, 0) is 0 Å². The molecule has 0 radical (unpaired) electrons. The Morgan fingerprint density at radius 3 is 2.67 bits per heavy atom. The van der Waals surface area contributed by atoms with Crippen LogP contribution in [0.5, 0.6) is 0 Å². The molecular formula is C19H21N3OS. The van der Waals surface area contributed by atoms with Gasteiger partial charge < -0.3 is 10.0 Å². The summed E-state index contributed by atoms with van der Waals surface area (Å²) in [5.41, 5.74) is 2.13. The monoisotopic (exact) mass is 339 g/mol. The maximum absolute atomic E-state index is 9.06. The highest BCUT2D eigenvalue weighted by molar-refractivity contribution is 7.21. The van der Waals surface area contributed by atoms with E-state index >= 15 is 0 Å². The summed E-state index contributed by atoms with van der Waals surface area (Å²) in [6.45, 7) is 2.36. The van der Waals surface area contributed by atoms with Gasteiger partial charge in [-0.25, -0.2) is 9.97 Å². The van der Waals surface area contributed by atoms with Crippen LogP contribution < -0.4 is 4.90 Å². The summed E-state index contributed by atoms with van der Waals surface area (Å²) in [6, 6.07) is 12.5. The lowest BCUT2D eigenvalue weighted by molar-refractivity contribution is 0.240. The molecule has 1 fully saturated rings. The number of anilines is 1. The van der Waals surface area contributed by atoms with E-state index in [1.807, 2.05) is 24.4 Å². The fourth-order valence-corrected chi connectivity index (χ4v) is 4.28. The molecule has 1 saturated heterocycles. The van der Waals surface area contributed by atoms with Crippen LogP contribution in [0.3, 0.4) is 0 Å². The molecule has 0 amide bonds. The summed E-state index contributed by atoms with van der Waals surface area (Å²) in [5, 5.41) is 10.1. The highest BCUT2D eigenvalue weighted by Gasteiger charge is 2.19. The average molecular weight is 339 g/mol. The average Bonchev–Trinajstić information content (AvgIpc) is 3.07. The molecule has 0 aliphatic carbocycles. The number of piperidine rings is 1. The molecule has 3 heterocycles. The smallest absolute Gasteiger partial charge is 0.128 e. The highest BCUT2D eigenvalue weighted by atomic mass is 32.1. The van der Waals surface area contributed by atoms with Gasteiger partial charge in [0, 0.05) is 31.5 Å². The topological polar surface area (TPSA) is 49.2 Å². The minimum Gasteiger partial charge on any atom is -0.396 e. The maximum Gasteiger partial charge on any atom is 0.128 e. The Kier molecular flexibility index (Phi) is 4.45. The Balaban J connectivity index is 1.49. The second-order valence-corrected chi connectivity index (χ2v) is 7.37. The molecule has 1 aromatic carbocycles. The molecule has 0 saturated carbocycles. The Morgan fingerprint density at radius 2 is 1.96 bits per heavy atom. The predicted octanol–water partition coefficient (Wildman–Crippen LogP) is 3.96. The molecule has 4 nitrogen and oxygen atoms in total. The largest absolute Gasteiger partial charge is 0.396 e. The lowest BCUT2D eigenvalue weighted by atomic mass is 9.94. The molecule has 124 valence electrons. The molecule has 1 N–H and O–H groups in total. The van der Waals surface area contributed by atoms with E-state index in [1.165, 1.54) is 4.70 Å². The second kappa shape index (κ2) is 6.87. The van der Waals surface area contributed by atoms with Crippen LogP contribution >= 0.6 is 11.3 Å². The molecule has 1 aliphatic heterocycles. The van der Waals surface area contributed by atoms with E-state index in [4.69, 9.17) is 10.1 Å². The molecule has 3 aromatic rings. The number of nitrogens with zero attached hydrogens (tertiary/aromatic N) is 3. The first kappa shape index (κ1) is 15.5. The Labute approximate surface area is 145 Å². The van der Waals surface area contributed by atoms with Crippen LogP contribution in [0.2, 0.25) is 0 Å². The number of aliphatic hydroxyl groups excluding tert-OH is 1. The number of fused-ring (bicyclic) bond motifs is 1. The van der Waals surface area contributed by atoms with Gasteiger partial charge in [-0.3, -0.25) is 0 Å². The fraction of sp³-hybridized carbons (Fsp3) is 0.368. The molecule has 2 aromatic heterocycles. The van der Waals surface area contributed by atoms with Crippen LogP contribution in [-0.4, -0.2) is 34.8 Å². The standard InChI is InChI=1S/C19H21N3OS/c23-12-9-14-7-10-22(11-8-14)18-6-5-15(13-20-18)19-21-16-3-1-2-4-17(16)24-19/h1-6,13-14,23H,7-12H2. The summed E-state index contributed by atoms with van der Waals surface area (Å²) in [4.78, 5) is 11.7. The highest BCUT2D eigenvalue weighted by Crippen LogP contribution is 2.31. The van der Waals surface area contributed by atoms with Crippen molar-refractivity contribution < 1.29 is 5.11 Å². The van der Waals surface area contributed by atoms with E-state index in [2.05, 4.69) is 28.1 Å². The number of rotatable bonds is 4. The van der Waals surface area contributed by atoms with E-state index in [-0.39, 0.29) is 0 Å². The summed E-state index contributed by atoms with van der Waals surface area (Å²) in [6.07, 6.45) is 5.15. The van der Waals surface area contributed by atoms with Crippen molar-refractivity contribution in [3.8, 4) is 10.6 Å². The summed E-state index contributed by atoms with van der Waals surface area (Å²) >= 11 is 1.71. The van der Waals surface area contributed by atoms with Gasteiger partial charge in [-0.05, 0) is 49.4 Å². The third kappa shape index (κ3) is 3.14. The molecule has 24 heavy (non-hydrogen) atoms. The number of pyridine rings is 1. The zero-order valence-corrected chi connectivity index (χ0v) is 14.4. The molecule has 4 rings (SSSR count). The second-order valence-electron chi connectivity index (χ2n) is 6.33. The first-order valence-electron chi connectivity index (χ1n) is 8.51. The Bertz CT molecular complexity index is 774. The minimum absolute atomic E-state index is 0.305. The van der Waals surface area contributed by atoms with Crippen molar-refractivity contribution in [1.29, 1.82) is 0 Å². The van der Waals surface area contributed by atoms with Crippen molar-refractivity contribution in [2.24, 2.45) is 5.92 Å². The summed E-state index contributed by atoms with van der Waals surface area (Å²) < 4.78 is 1.21. The first-order valence-corrected chi connectivity index (χ1v) is 9.33. The van der Waals surface area contributed by atoms with Gasteiger partial charge in [-0.2, -0.15) is 0 Å². The van der Waals surface area contributed by atoms with Crippen LogP contribution in [0.15, 0.2) is 42.6 Å². The van der Waals surface area contributed by atoms with Crippen LogP contribution in [0.4, 0.5) is 5.82 Å². The van der Waals surface area contributed by atoms with Gasteiger partial charge in [-0.1, -0.05) is 12.1 Å².